The van der Waals surface area contributed by atoms with Crippen LogP contribution in [0.25, 0.3) is 16.8 Å². The van der Waals surface area contributed by atoms with E-state index in [0.29, 0.717) is 32.8 Å². The second-order valence-corrected chi connectivity index (χ2v) is 7.58. The monoisotopic (exact) mass is 427 g/mol. The fourth-order valence-corrected chi connectivity index (χ4v) is 4.32. The average Bonchev–Trinajstić information content (AvgIpc) is 3.32. The van der Waals surface area contributed by atoms with Crippen molar-refractivity contribution in [3.8, 4) is 22.8 Å². The van der Waals surface area contributed by atoms with E-state index in [-0.39, 0.29) is 18.1 Å². The van der Waals surface area contributed by atoms with Gasteiger partial charge in [0.2, 0.25) is 0 Å². The third-order valence-electron chi connectivity index (χ3n) is 4.63. The van der Waals surface area contributed by atoms with Crippen molar-refractivity contribution in [3.05, 3.63) is 63.6 Å². The Morgan fingerprint density at radius 3 is 2.55 bits per heavy atom. The van der Waals surface area contributed by atoms with E-state index in [1.807, 2.05) is 35.7 Å². The molecule has 0 aliphatic carbocycles. The van der Waals surface area contributed by atoms with E-state index < -0.39 is 0 Å². The van der Waals surface area contributed by atoms with Gasteiger partial charge in [-0.05, 0) is 0 Å². The number of benzene rings is 2. The number of nitrogens with one attached hydrogen (secondary N) is 1. The minimum atomic E-state index is 0.0833. The topological polar surface area (TPSA) is 78.7 Å². The normalized spacial score (nSPS) is 13.9. The molecule has 2 N–H and O–H groups in total. The molecule has 29 heavy (non-hydrogen) atoms. The third-order valence-corrected chi connectivity index (χ3v) is 5.79. The zero-order valence-corrected chi connectivity index (χ0v) is 17.3. The average molecular weight is 428 g/mol. The number of aromatic nitrogens is 1. The molecular formula is C21H18ClN3O3S. The van der Waals surface area contributed by atoms with E-state index in [1.54, 1.807) is 17.0 Å². The van der Waals surface area contributed by atoms with Gasteiger partial charge >= 0.3 is 0 Å². The van der Waals surface area contributed by atoms with Crippen molar-refractivity contribution >= 4 is 40.0 Å². The van der Waals surface area contributed by atoms with Crippen LogP contribution >= 0.6 is 22.9 Å². The molecule has 0 amide bonds. The minimum absolute atomic E-state index is 0.0833. The molecule has 1 aliphatic rings. The van der Waals surface area contributed by atoms with Gasteiger partial charge in [0.25, 0.3) is 0 Å². The maximum atomic E-state index is 10.6. The molecule has 1 aromatic heterocycles. The predicted octanol–water partition coefficient (Wildman–Crippen LogP) is 5.25. The molecule has 0 saturated heterocycles. The van der Waals surface area contributed by atoms with Crippen LogP contribution in [0.3, 0.4) is 0 Å². The smallest absolute Gasteiger partial charge is 0.144 e. The summed E-state index contributed by atoms with van der Waals surface area (Å²) in [5.41, 5.74) is 2.79. The number of ether oxygens (including phenoxy) is 2. The van der Waals surface area contributed by atoms with Crippen LogP contribution in [0.2, 0.25) is 5.02 Å². The summed E-state index contributed by atoms with van der Waals surface area (Å²) in [6, 6.07) is 13.1. The van der Waals surface area contributed by atoms with Crippen LogP contribution < -0.4 is 14.4 Å². The molecule has 8 heteroatoms. The van der Waals surface area contributed by atoms with Crippen molar-refractivity contribution < 1.29 is 14.6 Å². The number of hydrogen-bond donors (Lipinski definition) is 2. The van der Waals surface area contributed by atoms with Gasteiger partial charge in [-0.25, -0.2) is 4.98 Å². The van der Waals surface area contributed by atoms with E-state index in [4.69, 9.17) is 26.5 Å². The Hall–Kier alpha value is -3.03. The first-order valence-corrected chi connectivity index (χ1v) is 10.0. The molecule has 0 atom stereocenters. The first kappa shape index (κ1) is 19.3. The summed E-state index contributed by atoms with van der Waals surface area (Å²) in [5.74, 6) is 1.17. The molecular weight excluding hydrogens is 410 g/mol. The number of methoxy groups -OCH3 is 2. The summed E-state index contributed by atoms with van der Waals surface area (Å²) in [6.07, 6.45) is 0. The minimum Gasteiger partial charge on any atom is -0.510 e. The second-order valence-electron chi connectivity index (χ2n) is 6.32. The maximum Gasteiger partial charge on any atom is 0.144 e. The van der Waals surface area contributed by atoms with Gasteiger partial charge in [0, 0.05) is 23.1 Å². The van der Waals surface area contributed by atoms with E-state index >= 15 is 0 Å². The van der Waals surface area contributed by atoms with Crippen LogP contribution in [-0.4, -0.2) is 36.7 Å². The maximum absolute atomic E-state index is 10.6. The summed E-state index contributed by atoms with van der Waals surface area (Å²) in [7, 11) is 3.05. The first-order chi connectivity index (χ1) is 14.0. The lowest BCUT2D eigenvalue weighted by Gasteiger charge is -2.22. The lowest BCUT2D eigenvalue weighted by molar-refractivity contribution is 0.400. The number of amidine groups is 1. The Labute approximate surface area is 177 Å². The Kier molecular flexibility index (Phi) is 5.17. The Morgan fingerprint density at radius 1 is 1.14 bits per heavy atom. The highest BCUT2D eigenvalue weighted by Gasteiger charge is 2.33. The Morgan fingerprint density at radius 2 is 1.86 bits per heavy atom. The molecule has 0 spiro atoms. The van der Waals surface area contributed by atoms with Gasteiger partial charge in [0.1, 0.15) is 28.1 Å². The lowest BCUT2D eigenvalue weighted by atomic mass is 10.2. The second kappa shape index (κ2) is 7.77. The molecule has 2 heterocycles. The number of thiazole rings is 1. The summed E-state index contributed by atoms with van der Waals surface area (Å²) in [5, 5.41) is 22.2. The summed E-state index contributed by atoms with van der Waals surface area (Å²) >= 11 is 7.59. The number of aliphatic hydroxyl groups is 1. The molecule has 0 radical (unpaired) electrons. The van der Waals surface area contributed by atoms with Gasteiger partial charge in [-0.1, -0.05) is 41.9 Å². The van der Waals surface area contributed by atoms with E-state index in [0.717, 1.165) is 11.3 Å². The predicted molar refractivity (Wildman–Crippen MR) is 117 cm³/mol. The third kappa shape index (κ3) is 3.43. The van der Waals surface area contributed by atoms with E-state index in [2.05, 4.69) is 4.98 Å². The van der Waals surface area contributed by atoms with E-state index in [1.165, 1.54) is 25.6 Å². The number of aliphatic hydroxyl groups excluding tert-OH is 1. The van der Waals surface area contributed by atoms with Crippen molar-refractivity contribution in [2.45, 2.75) is 0 Å². The summed E-state index contributed by atoms with van der Waals surface area (Å²) < 4.78 is 10.7. The van der Waals surface area contributed by atoms with Crippen LogP contribution in [-0.2, 0) is 0 Å². The van der Waals surface area contributed by atoms with Gasteiger partial charge in [-0.15, -0.1) is 11.3 Å². The van der Waals surface area contributed by atoms with Crippen LogP contribution in [0.5, 0.6) is 11.5 Å². The van der Waals surface area contributed by atoms with Crippen LogP contribution in [0.15, 0.2) is 53.6 Å². The Balaban J connectivity index is 1.69. The van der Waals surface area contributed by atoms with Crippen LogP contribution in [0.4, 0.5) is 5.69 Å². The van der Waals surface area contributed by atoms with Gasteiger partial charge in [0.05, 0.1) is 42.7 Å². The number of halogens is 1. The number of anilines is 1. The number of rotatable bonds is 5. The summed E-state index contributed by atoms with van der Waals surface area (Å²) in [4.78, 5) is 6.28. The van der Waals surface area contributed by atoms with Crippen LogP contribution in [0.1, 0.15) is 5.01 Å². The van der Waals surface area contributed by atoms with Gasteiger partial charge in [0.15, 0.2) is 0 Å². The van der Waals surface area contributed by atoms with Crippen molar-refractivity contribution in [2.75, 3.05) is 25.7 Å². The highest BCUT2D eigenvalue weighted by Crippen LogP contribution is 2.42. The molecule has 4 rings (SSSR count). The Bertz CT molecular complexity index is 1110. The zero-order chi connectivity index (χ0) is 20.5. The van der Waals surface area contributed by atoms with Crippen molar-refractivity contribution in [2.24, 2.45) is 0 Å². The highest BCUT2D eigenvalue weighted by molar-refractivity contribution is 7.11. The first-order valence-electron chi connectivity index (χ1n) is 8.75. The van der Waals surface area contributed by atoms with Crippen molar-refractivity contribution in [3.63, 3.8) is 0 Å². The zero-order valence-electron chi connectivity index (χ0n) is 15.8. The molecule has 3 aromatic rings. The van der Waals surface area contributed by atoms with Gasteiger partial charge in [-0.2, -0.15) is 0 Å². The SMILES string of the molecule is COc1cc(N2CC(O)=C(c3nc(-c4ccccc4)cs3)C2=N)c(OC)cc1Cl. The molecule has 0 fully saturated rings. The number of nitrogens with zero attached hydrogens (tertiary/aromatic N) is 2. The molecule has 148 valence electrons. The summed E-state index contributed by atoms with van der Waals surface area (Å²) in [6.45, 7) is 0.134. The van der Waals surface area contributed by atoms with Crippen molar-refractivity contribution in [1.29, 1.82) is 5.41 Å². The standard InChI is InChI=1S/C21H18ClN3O3S/c1-27-17-9-15(18(28-2)8-13(17)22)25-10-16(26)19(20(25)23)21-24-14(11-29-21)12-6-4-3-5-7-12/h3-9,11,23,26H,10H2,1-2H3. The molecule has 0 bridgehead atoms. The van der Waals surface area contributed by atoms with Gasteiger partial charge < -0.3 is 19.5 Å². The molecule has 2 aromatic carbocycles. The quantitative estimate of drug-likeness (QED) is 0.581. The van der Waals surface area contributed by atoms with Gasteiger partial charge in [-0.3, -0.25) is 5.41 Å². The fraction of sp³-hybridized carbons (Fsp3) is 0.143. The fourth-order valence-electron chi connectivity index (χ4n) is 3.20. The number of hydrogen-bond acceptors (Lipinski definition) is 6. The van der Waals surface area contributed by atoms with Crippen molar-refractivity contribution in [1.82, 2.24) is 4.98 Å². The molecule has 6 nitrogen and oxygen atoms in total. The van der Waals surface area contributed by atoms with Crippen LogP contribution in [0, 0.1) is 5.41 Å². The lowest BCUT2D eigenvalue weighted by Crippen LogP contribution is -2.26. The highest BCUT2D eigenvalue weighted by atomic mass is 35.5. The van der Waals surface area contributed by atoms with E-state index in [9.17, 15) is 5.11 Å². The molecule has 0 saturated carbocycles. The molecule has 0 unspecified atom stereocenters. The molecule has 1 aliphatic heterocycles. The largest absolute Gasteiger partial charge is 0.510 e.